The summed E-state index contributed by atoms with van der Waals surface area (Å²) in [6, 6.07) is 8.72. The van der Waals surface area contributed by atoms with E-state index in [1.165, 1.54) is 6.07 Å². The number of aromatic hydroxyl groups is 1. The maximum Gasteiger partial charge on any atom is 0.318 e. The Morgan fingerprint density at radius 3 is 2.76 bits per heavy atom. The van der Waals surface area contributed by atoms with Crippen LogP contribution in [0.4, 0.5) is 20.3 Å². The Morgan fingerprint density at radius 1 is 1.08 bits per heavy atom. The SMILES string of the molecule is CCc1c(F)ccc2cc(O)cc(N3CCc4c(nc(OC[C@@]56CCCN5C[C@H](F)C6)nc4N4CCCn5nc(CNS(C)(=O)=O)cc5C4)C3)c12. The number of ether oxygens (including phenoxy) is 1. The maximum atomic E-state index is 15.1. The minimum absolute atomic E-state index is 0.111. The van der Waals surface area contributed by atoms with Crippen molar-refractivity contribution in [2.24, 2.45) is 0 Å². The number of halogens is 2. The molecule has 2 saturated heterocycles. The molecule has 2 aromatic carbocycles. The average molecular weight is 723 g/mol. The summed E-state index contributed by atoms with van der Waals surface area (Å²) in [6.45, 7) is 6.53. The van der Waals surface area contributed by atoms with E-state index in [0.717, 1.165) is 71.3 Å². The first kappa shape index (κ1) is 34.0. The average Bonchev–Trinajstić information content (AvgIpc) is 3.71. The molecule has 4 aliphatic heterocycles. The molecule has 0 aliphatic carbocycles. The fraction of sp³-hybridized carbons (Fsp3) is 0.528. The molecule has 2 atom stereocenters. The van der Waals surface area contributed by atoms with E-state index in [0.29, 0.717) is 76.4 Å². The molecule has 6 heterocycles. The number of anilines is 2. The van der Waals surface area contributed by atoms with Gasteiger partial charge in [-0.1, -0.05) is 13.0 Å². The van der Waals surface area contributed by atoms with E-state index in [1.54, 1.807) is 18.2 Å². The van der Waals surface area contributed by atoms with Gasteiger partial charge in [0.25, 0.3) is 0 Å². The summed E-state index contributed by atoms with van der Waals surface area (Å²) >= 11 is 0. The fourth-order valence-electron chi connectivity index (χ4n) is 8.63. The van der Waals surface area contributed by atoms with Gasteiger partial charge in [0.1, 0.15) is 30.2 Å². The molecule has 8 rings (SSSR count). The predicted molar refractivity (Wildman–Crippen MR) is 190 cm³/mol. The zero-order valence-corrected chi connectivity index (χ0v) is 29.9. The molecule has 51 heavy (non-hydrogen) atoms. The highest BCUT2D eigenvalue weighted by Gasteiger charge is 2.49. The van der Waals surface area contributed by atoms with Crippen LogP contribution in [0.2, 0.25) is 0 Å². The molecule has 12 nitrogen and oxygen atoms in total. The predicted octanol–water partition coefficient (Wildman–Crippen LogP) is 4.21. The normalized spacial score (nSPS) is 22.2. The molecule has 0 unspecified atom stereocenters. The number of rotatable bonds is 9. The van der Waals surface area contributed by atoms with E-state index in [9.17, 15) is 17.9 Å². The highest BCUT2D eigenvalue weighted by Crippen LogP contribution is 2.42. The molecule has 0 saturated carbocycles. The molecule has 0 spiro atoms. The number of alkyl halides is 1. The Bertz CT molecular complexity index is 2100. The first-order valence-corrected chi connectivity index (χ1v) is 19.7. The van der Waals surface area contributed by atoms with Gasteiger partial charge in [0.15, 0.2) is 0 Å². The highest BCUT2D eigenvalue weighted by atomic mass is 32.2. The van der Waals surface area contributed by atoms with E-state index in [-0.39, 0.29) is 29.7 Å². The molecule has 2 N–H and O–H groups in total. The zero-order valence-electron chi connectivity index (χ0n) is 29.0. The van der Waals surface area contributed by atoms with Gasteiger partial charge in [0, 0.05) is 55.3 Å². The first-order chi connectivity index (χ1) is 24.5. The van der Waals surface area contributed by atoms with Gasteiger partial charge < -0.3 is 19.6 Å². The quantitative estimate of drug-likeness (QED) is 0.259. The summed E-state index contributed by atoms with van der Waals surface area (Å²) < 4.78 is 64.1. The Kier molecular flexibility index (Phi) is 8.78. The van der Waals surface area contributed by atoms with Crippen molar-refractivity contribution in [1.29, 1.82) is 0 Å². The number of aromatic nitrogens is 4. The lowest BCUT2D eigenvalue weighted by Gasteiger charge is -2.35. The molecule has 4 aromatic rings. The van der Waals surface area contributed by atoms with E-state index in [1.807, 2.05) is 17.7 Å². The van der Waals surface area contributed by atoms with Crippen molar-refractivity contribution in [2.45, 2.75) is 83.3 Å². The molecule has 272 valence electrons. The maximum absolute atomic E-state index is 15.1. The van der Waals surface area contributed by atoms with Crippen LogP contribution in [0.1, 0.15) is 60.8 Å². The topological polar surface area (TPSA) is 129 Å². The van der Waals surface area contributed by atoms with Crippen molar-refractivity contribution in [1.82, 2.24) is 29.4 Å². The lowest BCUT2D eigenvalue weighted by molar-refractivity contribution is 0.107. The second-order valence-electron chi connectivity index (χ2n) is 14.5. The largest absolute Gasteiger partial charge is 0.508 e. The highest BCUT2D eigenvalue weighted by molar-refractivity contribution is 7.88. The zero-order chi connectivity index (χ0) is 35.5. The van der Waals surface area contributed by atoms with Gasteiger partial charge in [-0.05, 0) is 67.8 Å². The standard InChI is InChI=1S/C36H44F2N8O4S/c1-3-28-30(38)7-6-23-14-27(47)16-32(33(23)28)43-13-8-29-31(21-43)40-35(50-22-36-9-4-11-45(36)19-24(37)17-36)41-34(29)44-10-5-12-46-26(20-44)15-25(42-46)18-39-51(2,48)49/h6-7,14-16,24,39,47H,3-5,8-13,17-22H2,1-2H3/t24-,36+/m1/s1. The molecule has 0 bridgehead atoms. The number of aryl methyl sites for hydroxylation is 2. The smallest absolute Gasteiger partial charge is 0.318 e. The van der Waals surface area contributed by atoms with Crippen molar-refractivity contribution in [3.8, 4) is 11.8 Å². The number of hydrogen-bond donors (Lipinski definition) is 2. The van der Waals surface area contributed by atoms with Crippen molar-refractivity contribution in [3.63, 3.8) is 0 Å². The number of nitrogens with zero attached hydrogens (tertiary/aromatic N) is 7. The number of hydrogen-bond acceptors (Lipinski definition) is 10. The molecular formula is C36H44F2N8O4S. The molecule has 0 radical (unpaired) electrons. The number of fused-ring (bicyclic) bond motifs is 4. The van der Waals surface area contributed by atoms with Gasteiger partial charge in [-0.3, -0.25) is 9.58 Å². The van der Waals surface area contributed by atoms with E-state index >= 15 is 4.39 Å². The summed E-state index contributed by atoms with van der Waals surface area (Å²) in [5.41, 5.74) is 4.38. The van der Waals surface area contributed by atoms with Crippen LogP contribution in [0.15, 0.2) is 30.3 Å². The van der Waals surface area contributed by atoms with Crippen molar-refractivity contribution >= 4 is 32.3 Å². The van der Waals surface area contributed by atoms with Gasteiger partial charge in [-0.15, -0.1) is 0 Å². The molecule has 2 aromatic heterocycles. The van der Waals surface area contributed by atoms with Gasteiger partial charge in [0.2, 0.25) is 10.0 Å². The Balaban J connectivity index is 1.15. The Morgan fingerprint density at radius 2 is 1.94 bits per heavy atom. The minimum atomic E-state index is -3.37. The van der Waals surface area contributed by atoms with Crippen molar-refractivity contribution in [3.05, 3.63) is 64.4 Å². The van der Waals surface area contributed by atoms with Crippen molar-refractivity contribution < 1.29 is 27.0 Å². The van der Waals surface area contributed by atoms with Crippen LogP contribution in [-0.2, 0) is 49.0 Å². The van der Waals surface area contributed by atoms with Crippen molar-refractivity contribution in [2.75, 3.05) is 48.8 Å². The Labute approximate surface area is 296 Å². The van der Waals surface area contributed by atoms with Gasteiger partial charge in [-0.25, -0.2) is 21.9 Å². The van der Waals surface area contributed by atoms with Crippen LogP contribution >= 0.6 is 0 Å². The minimum Gasteiger partial charge on any atom is -0.508 e. The first-order valence-electron chi connectivity index (χ1n) is 17.8. The summed E-state index contributed by atoms with van der Waals surface area (Å²) in [5.74, 6) is 0.615. The summed E-state index contributed by atoms with van der Waals surface area (Å²) in [6.07, 6.45) is 4.47. The van der Waals surface area contributed by atoms with Crippen LogP contribution in [0.3, 0.4) is 0 Å². The fourth-order valence-corrected chi connectivity index (χ4v) is 9.04. The van der Waals surface area contributed by atoms with Crippen LogP contribution in [0, 0.1) is 5.82 Å². The molecule has 0 amide bonds. The second kappa shape index (κ2) is 13.2. The van der Waals surface area contributed by atoms with Crippen LogP contribution in [0.5, 0.6) is 11.8 Å². The summed E-state index contributed by atoms with van der Waals surface area (Å²) in [7, 11) is -3.37. The van der Waals surface area contributed by atoms with E-state index in [2.05, 4.69) is 24.5 Å². The number of benzene rings is 2. The Hall–Kier alpha value is -4.08. The third-order valence-electron chi connectivity index (χ3n) is 11.0. The van der Waals surface area contributed by atoms with Gasteiger partial charge in [0.05, 0.1) is 48.5 Å². The van der Waals surface area contributed by atoms with Gasteiger partial charge >= 0.3 is 6.01 Å². The lowest BCUT2D eigenvalue weighted by atomic mass is 9.95. The van der Waals surface area contributed by atoms with Gasteiger partial charge in [-0.2, -0.15) is 15.1 Å². The molecule has 4 aliphatic rings. The van der Waals surface area contributed by atoms with E-state index in [4.69, 9.17) is 14.7 Å². The monoisotopic (exact) mass is 722 g/mol. The summed E-state index contributed by atoms with van der Waals surface area (Å²) in [4.78, 5) is 16.6. The number of phenolic OH excluding ortho intramolecular Hbond substituents is 1. The second-order valence-corrected chi connectivity index (χ2v) is 16.3. The summed E-state index contributed by atoms with van der Waals surface area (Å²) in [5, 5.41) is 17.0. The third-order valence-corrected chi connectivity index (χ3v) is 11.6. The lowest BCUT2D eigenvalue weighted by Crippen LogP contribution is -2.43. The van der Waals surface area contributed by atoms with E-state index < -0.39 is 16.2 Å². The molecule has 2 fully saturated rings. The third kappa shape index (κ3) is 6.59. The number of phenols is 1. The molecular weight excluding hydrogens is 679 g/mol. The number of sulfonamides is 1. The van der Waals surface area contributed by atoms with Crippen LogP contribution < -0.4 is 19.3 Å². The number of nitrogens with one attached hydrogen (secondary N) is 1. The molecule has 15 heteroatoms. The van der Waals surface area contributed by atoms with Crippen LogP contribution in [0.25, 0.3) is 10.8 Å². The van der Waals surface area contributed by atoms with Crippen LogP contribution in [-0.4, -0.2) is 88.9 Å².